The molecule has 1 aromatic rings. The molecule has 2 amide bonds. The van der Waals surface area contributed by atoms with Crippen LogP contribution in [0.25, 0.3) is 0 Å². The zero-order valence-electron chi connectivity index (χ0n) is 14.5. The summed E-state index contributed by atoms with van der Waals surface area (Å²) in [5.41, 5.74) is 0. The summed E-state index contributed by atoms with van der Waals surface area (Å²) in [5, 5.41) is 14.2. The molecule has 7 nitrogen and oxygen atoms in total. The van der Waals surface area contributed by atoms with Crippen LogP contribution in [-0.2, 0) is 0 Å². The zero-order chi connectivity index (χ0) is 16.8. The minimum atomic E-state index is -0.180. The van der Waals surface area contributed by atoms with Crippen molar-refractivity contribution in [2.45, 2.75) is 45.1 Å². The summed E-state index contributed by atoms with van der Waals surface area (Å²) in [6.07, 6.45) is 5.82. The summed E-state index contributed by atoms with van der Waals surface area (Å²) in [7, 11) is 0. The highest BCUT2D eigenvalue weighted by Gasteiger charge is 2.18. The van der Waals surface area contributed by atoms with E-state index in [0.717, 1.165) is 51.4 Å². The van der Waals surface area contributed by atoms with E-state index in [4.69, 9.17) is 0 Å². The van der Waals surface area contributed by atoms with Crippen LogP contribution in [0.2, 0.25) is 0 Å². The highest BCUT2D eigenvalue weighted by Crippen LogP contribution is 2.18. The van der Waals surface area contributed by atoms with E-state index in [9.17, 15) is 4.79 Å². The van der Waals surface area contributed by atoms with Gasteiger partial charge < -0.3 is 15.1 Å². The summed E-state index contributed by atoms with van der Waals surface area (Å²) in [6.45, 7) is 7.34. The van der Waals surface area contributed by atoms with E-state index in [1.54, 1.807) is 0 Å². The predicted molar refractivity (Wildman–Crippen MR) is 95.4 cm³/mol. The Morgan fingerprint density at radius 3 is 2.50 bits per heavy atom. The topological polar surface area (TPSA) is 73.4 Å². The molecule has 1 aromatic heterocycles. The van der Waals surface area contributed by atoms with Gasteiger partial charge in [-0.15, -0.1) is 10.2 Å². The molecule has 2 N–H and O–H groups in total. The van der Waals surface area contributed by atoms with Gasteiger partial charge in [0.25, 0.3) is 0 Å². The van der Waals surface area contributed by atoms with E-state index < -0.39 is 0 Å². The Morgan fingerprint density at radius 1 is 1.12 bits per heavy atom. The van der Waals surface area contributed by atoms with E-state index in [-0.39, 0.29) is 6.03 Å². The summed E-state index contributed by atoms with van der Waals surface area (Å²) in [5.74, 6) is 1.38. The van der Waals surface area contributed by atoms with Crippen LogP contribution in [-0.4, -0.2) is 59.9 Å². The number of piperazine rings is 1. The number of aromatic nitrogens is 2. The number of urea groups is 1. The highest BCUT2D eigenvalue weighted by atomic mass is 16.2. The molecule has 7 heteroatoms. The molecule has 1 saturated carbocycles. The van der Waals surface area contributed by atoms with Crippen LogP contribution in [0.1, 0.15) is 39.0 Å². The summed E-state index contributed by atoms with van der Waals surface area (Å²) < 4.78 is 0. The van der Waals surface area contributed by atoms with E-state index in [1.807, 2.05) is 12.1 Å². The van der Waals surface area contributed by atoms with Crippen molar-refractivity contribution >= 4 is 17.7 Å². The first-order valence-electron chi connectivity index (χ1n) is 9.13. The van der Waals surface area contributed by atoms with Gasteiger partial charge in [0.15, 0.2) is 11.6 Å². The van der Waals surface area contributed by atoms with Gasteiger partial charge in [-0.25, -0.2) is 4.79 Å². The van der Waals surface area contributed by atoms with Gasteiger partial charge in [-0.05, 0) is 31.5 Å². The van der Waals surface area contributed by atoms with Gasteiger partial charge in [0.1, 0.15) is 0 Å². The van der Waals surface area contributed by atoms with Crippen molar-refractivity contribution < 1.29 is 4.79 Å². The van der Waals surface area contributed by atoms with Gasteiger partial charge in [-0.3, -0.25) is 5.32 Å². The minimum absolute atomic E-state index is 0.180. The van der Waals surface area contributed by atoms with Gasteiger partial charge in [-0.2, -0.15) is 0 Å². The lowest BCUT2D eigenvalue weighted by Gasteiger charge is -2.34. The fraction of sp³-hybridized carbons (Fsp3) is 0.706. The minimum Gasteiger partial charge on any atom is -0.353 e. The van der Waals surface area contributed by atoms with Gasteiger partial charge in [-0.1, -0.05) is 26.2 Å². The van der Waals surface area contributed by atoms with Gasteiger partial charge in [0.05, 0.1) is 0 Å². The van der Waals surface area contributed by atoms with Crippen molar-refractivity contribution in [2.75, 3.05) is 42.9 Å². The van der Waals surface area contributed by atoms with E-state index in [2.05, 4.69) is 37.6 Å². The molecule has 0 unspecified atom stereocenters. The van der Waals surface area contributed by atoms with Crippen LogP contribution in [0.3, 0.4) is 0 Å². The average molecular weight is 332 g/mol. The van der Waals surface area contributed by atoms with Crippen LogP contribution >= 0.6 is 0 Å². The number of nitrogens with one attached hydrogen (secondary N) is 2. The van der Waals surface area contributed by atoms with Crippen molar-refractivity contribution in [2.24, 2.45) is 0 Å². The molecule has 1 aliphatic carbocycles. The third-order valence-corrected chi connectivity index (χ3v) is 4.98. The van der Waals surface area contributed by atoms with Crippen molar-refractivity contribution in [3.63, 3.8) is 0 Å². The number of amides is 2. The fourth-order valence-corrected chi connectivity index (χ4v) is 3.44. The Hall–Kier alpha value is -1.89. The fourth-order valence-electron chi connectivity index (χ4n) is 3.44. The van der Waals surface area contributed by atoms with Gasteiger partial charge >= 0.3 is 6.03 Å². The van der Waals surface area contributed by atoms with Crippen molar-refractivity contribution in [1.29, 1.82) is 0 Å². The Labute approximate surface area is 143 Å². The van der Waals surface area contributed by atoms with Crippen LogP contribution in [0, 0.1) is 0 Å². The second kappa shape index (κ2) is 8.28. The number of carbonyl (C=O) groups excluding carboxylic acids is 1. The summed E-state index contributed by atoms with van der Waals surface area (Å²) in [6, 6.07) is 3.88. The maximum Gasteiger partial charge on any atom is 0.320 e. The van der Waals surface area contributed by atoms with Crippen LogP contribution < -0.4 is 15.5 Å². The SMILES string of the molecule is CCN1CCN(c2ccc(NC(=O)NC3CCCCC3)nn2)CC1. The largest absolute Gasteiger partial charge is 0.353 e. The quantitative estimate of drug-likeness (QED) is 0.883. The van der Waals surface area contributed by atoms with Crippen LogP contribution in [0.4, 0.5) is 16.4 Å². The molecule has 2 heterocycles. The first-order chi connectivity index (χ1) is 11.7. The van der Waals surface area contributed by atoms with Gasteiger partial charge in [0, 0.05) is 32.2 Å². The molecule has 2 fully saturated rings. The Balaban J connectivity index is 1.48. The number of nitrogens with zero attached hydrogens (tertiary/aromatic N) is 4. The Bertz CT molecular complexity index is 520. The Morgan fingerprint density at radius 2 is 1.88 bits per heavy atom. The molecule has 1 saturated heterocycles. The summed E-state index contributed by atoms with van der Waals surface area (Å²) in [4.78, 5) is 16.7. The molecule has 3 rings (SSSR count). The van der Waals surface area contributed by atoms with Gasteiger partial charge in [0.2, 0.25) is 0 Å². The number of rotatable bonds is 4. The summed E-state index contributed by atoms with van der Waals surface area (Å²) >= 11 is 0. The molecule has 0 aromatic carbocycles. The number of hydrogen-bond acceptors (Lipinski definition) is 5. The molecule has 0 radical (unpaired) electrons. The standard InChI is InChI=1S/C17H28N6O/c1-2-22-10-12-23(13-11-22)16-9-8-15(20-21-16)19-17(24)18-14-6-4-3-5-7-14/h8-9,14H,2-7,10-13H2,1H3,(H2,18,19,20,24). The maximum atomic E-state index is 12.0. The first-order valence-corrected chi connectivity index (χ1v) is 9.13. The second-order valence-corrected chi connectivity index (χ2v) is 6.63. The lowest BCUT2D eigenvalue weighted by molar-refractivity contribution is 0.244. The molecule has 1 aliphatic heterocycles. The van der Waals surface area contributed by atoms with Crippen LogP contribution in [0.5, 0.6) is 0 Å². The molecule has 2 aliphatic rings. The lowest BCUT2D eigenvalue weighted by atomic mass is 9.96. The molecular formula is C17H28N6O. The second-order valence-electron chi connectivity index (χ2n) is 6.63. The normalized spacial score (nSPS) is 20.0. The van der Waals surface area contributed by atoms with Crippen molar-refractivity contribution in [3.8, 4) is 0 Å². The number of hydrogen-bond donors (Lipinski definition) is 2. The molecule has 0 bridgehead atoms. The third kappa shape index (κ3) is 4.56. The zero-order valence-corrected chi connectivity index (χ0v) is 14.5. The number of carbonyl (C=O) groups is 1. The molecule has 24 heavy (non-hydrogen) atoms. The number of likely N-dealkylation sites (N-methyl/N-ethyl adjacent to an activating group) is 1. The number of anilines is 2. The van der Waals surface area contributed by atoms with E-state index in [0.29, 0.717) is 11.9 Å². The van der Waals surface area contributed by atoms with E-state index >= 15 is 0 Å². The van der Waals surface area contributed by atoms with Crippen molar-refractivity contribution in [1.82, 2.24) is 20.4 Å². The average Bonchev–Trinajstić information content (AvgIpc) is 2.63. The van der Waals surface area contributed by atoms with Crippen LogP contribution in [0.15, 0.2) is 12.1 Å². The molecule has 0 atom stereocenters. The lowest BCUT2D eigenvalue weighted by Crippen LogP contribution is -2.46. The first kappa shape index (κ1) is 17.0. The third-order valence-electron chi connectivity index (χ3n) is 4.98. The molecule has 0 spiro atoms. The van der Waals surface area contributed by atoms with E-state index in [1.165, 1.54) is 19.3 Å². The predicted octanol–water partition coefficient (Wildman–Crippen LogP) is 2.07. The molecular weight excluding hydrogens is 304 g/mol. The monoisotopic (exact) mass is 332 g/mol. The molecule has 132 valence electrons. The highest BCUT2D eigenvalue weighted by molar-refractivity contribution is 5.88. The maximum absolute atomic E-state index is 12.0. The smallest absolute Gasteiger partial charge is 0.320 e. The van der Waals surface area contributed by atoms with Crippen molar-refractivity contribution in [3.05, 3.63) is 12.1 Å². The Kier molecular flexibility index (Phi) is 5.85.